The third-order valence-electron chi connectivity index (χ3n) is 4.35. The third kappa shape index (κ3) is 4.33. The van der Waals surface area contributed by atoms with E-state index in [1.54, 1.807) is 22.7 Å². The molecule has 0 spiro atoms. The van der Waals surface area contributed by atoms with Gasteiger partial charge in [-0.1, -0.05) is 17.4 Å². The first-order chi connectivity index (χ1) is 13.2. The van der Waals surface area contributed by atoms with Crippen molar-refractivity contribution in [3.05, 3.63) is 39.8 Å². The molecule has 1 saturated heterocycles. The minimum absolute atomic E-state index is 0.516. The van der Waals surface area contributed by atoms with E-state index >= 15 is 0 Å². The maximum absolute atomic E-state index is 4.93. The zero-order valence-corrected chi connectivity index (χ0v) is 17.1. The lowest BCUT2D eigenvalue weighted by Crippen LogP contribution is -2.29. The maximum atomic E-state index is 4.93. The summed E-state index contributed by atoms with van der Waals surface area (Å²) in [4.78, 5) is 18.3. The van der Waals surface area contributed by atoms with Crippen molar-refractivity contribution < 1.29 is 0 Å². The van der Waals surface area contributed by atoms with Crippen LogP contribution < -0.4 is 10.3 Å². The number of aryl methyl sites for hydroxylation is 2. The highest BCUT2D eigenvalue weighted by molar-refractivity contribution is 7.18. The van der Waals surface area contributed by atoms with E-state index in [1.165, 1.54) is 24.1 Å². The molecular weight excluding hydrogens is 376 g/mol. The van der Waals surface area contributed by atoms with Crippen LogP contribution in [0, 0.1) is 13.8 Å². The van der Waals surface area contributed by atoms with Crippen LogP contribution in [0.2, 0.25) is 0 Å². The average molecular weight is 399 g/mol. The lowest BCUT2D eigenvalue weighted by molar-refractivity contribution is 0.577. The second-order valence-corrected chi connectivity index (χ2v) is 8.54. The molecule has 4 heterocycles. The molecule has 0 unspecified atom stereocenters. The van der Waals surface area contributed by atoms with Gasteiger partial charge in [0.05, 0.1) is 16.0 Å². The molecule has 0 aromatic carbocycles. The zero-order valence-electron chi connectivity index (χ0n) is 15.5. The predicted molar refractivity (Wildman–Crippen MR) is 114 cm³/mol. The van der Waals surface area contributed by atoms with Gasteiger partial charge in [-0.25, -0.2) is 20.4 Å². The lowest BCUT2D eigenvalue weighted by atomic mass is 10.1. The van der Waals surface area contributed by atoms with Crippen molar-refractivity contribution in [1.82, 2.24) is 15.0 Å². The summed E-state index contributed by atoms with van der Waals surface area (Å²) >= 11 is 3.40. The SMILES string of the molecule is Cc1cc(C)nc(N/N=C\c2sc(N3CCCCC3)nc2-c2cccs2)n1. The molecule has 0 atom stereocenters. The molecule has 1 aliphatic rings. The molecule has 0 radical (unpaired) electrons. The normalized spacial score (nSPS) is 14.8. The van der Waals surface area contributed by atoms with E-state index in [9.17, 15) is 0 Å². The van der Waals surface area contributed by atoms with E-state index in [0.717, 1.165) is 40.2 Å². The highest BCUT2D eigenvalue weighted by Gasteiger charge is 2.19. The van der Waals surface area contributed by atoms with Crippen LogP contribution in [0.25, 0.3) is 10.6 Å². The van der Waals surface area contributed by atoms with Gasteiger partial charge in [0.1, 0.15) is 5.69 Å². The third-order valence-corrected chi connectivity index (χ3v) is 6.28. The van der Waals surface area contributed by atoms with Gasteiger partial charge in [-0.2, -0.15) is 5.10 Å². The number of thiophene rings is 1. The van der Waals surface area contributed by atoms with Crippen molar-refractivity contribution in [3.63, 3.8) is 0 Å². The number of anilines is 2. The van der Waals surface area contributed by atoms with Crippen LogP contribution in [0.3, 0.4) is 0 Å². The van der Waals surface area contributed by atoms with Gasteiger partial charge >= 0.3 is 0 Å². The van der Waals surface area contributed by atoms with Gasteiger partial charge in [0.25, 0.3) is 0 Å². The fourth-order valence-electron chi connectivity index (χ4n) is 3.14. The van der Waals surface area contributed by atoms with Gasteiger partial charge < -0.3 is 4.90 Å². The van der Waals surface area contributed by atoms with Gasteiger partial charge in [-0.15, -0.1) is 11.3 Å². The van der Waals surface area contributed by atoms with E-state index < -0.39 is 0 Å². The first-order valence-electron chi connectivity index (χ1n) is 9.10. The van der Waals surface area contributed by atoms with Crippen molar-refractivity contribution in [3.8, 4) is 10.6 Å². The molecule has 4 rings (SSSR count). The summed E-state index contributed by atoms with van der Waals surface area (Å²) in [5.74, 6) is 0.516. The van der Waals surface area contributed by atoms with Crippen molar-refractivity contribution in [2.24, 2.45) is 5.10 Å². The Bertz CT molecular complexity index is 906. The van der Waals surface area contributed by atoms with Crippen LogP contribution in [0.1, 0.15) is 35.5 Å². The van der Waals surface area contributed by atoms with Gasteiger partial charge in [0.2, 0.25) is 5.95 Å². The Kier molecular flexibility index (Phi) is 5.45. The molecular formula is C19H22N6S2. The Hall–Kier alpha value is -2.32. The number of piperidine rings is 1. The van der Waals surface area contributed by atoms with Crippen LogP contribution >= 0.6 is 22.7 Å². The minimum atomic E-state index is 0.516. The minimum Gasteiger partial charge on any atom is -0.348 e. The molecule has 27 heavy (non-hydrogen) atoms. The van der Waals surface area contributed by atoms with Crippen LogP contribution in [-0.2, 0) is 0 Å². The number of hydrazone groups is 1. The summed E-state index contributed by atoms with van der Waals surface area (Å²) in [5, 5.41) is 7.55. The van der Waals surface area contributed by atoms with E-state index in [1.807, 2.05) is 26.1 Å². The predicted octanol–water partition coefficient (Wildman–Crippen LogP) is 4.71. The lowest BCUT2D eigenvalue weighted by Gasteiger charge is -2.25. The summed E-state index contributed by atoms with van der Waals surface area (Å²) in [6, 6.07) is 6.11. The smallest absolute Gasteiger partial charge is 0.243 e. The summed E-state index contributed by atoms with van der Waals surface area (Å²) in [6.45, 7) is 6.07. The van der Waals surface area contributed by atoms with Crippen LogP contribution in [0.4, 0.5) is 11.1 Å². The van der Waals surface area contributed by atoms with Crippen LogP contribution in [0.5, 0.6) is 0 Å². The Morgan fingerprint density at radius 3 is 2.59 bits per heavy atom. The number of hydrogen-bond acceptors (Lipinski definition) is 8. The zero-order chi connectivity index (χ0) is 18.6. The van der Waals surface area contributed by atoms with Crippen molar-refractivity contribution in [1.29, 1.82) is 0 Å². The molecule has 6 nitrogen and oxygen atoms in total. The topological polar surface area (TPSA) is 66.3 Å². The van der Waals surface area contributed by atoms with E-state index in [2.05, 4.69) is 42.9 Å². The van der Waals surface area contributed by atoms with Gasteiger partial charge in [-0.3, -0.25) is 0 Å². The Labute approximate surface area is 167 Å². The molecule has 0 bridgehead atoms. The molecule has 0 saturated carbocycles. The second kappa shape index (κ2) is 8.14. The van der Waals surface area contributed by atoms with Crippen LogP contribution in [-0.4, -0.2) is 34.3 Å². The summed E-state index contributed by atoms with van der Waals surface area (Å²) in [6.07, 6.45) is 5.63. The van der Waals surface area contributed by atoms with Gasteiger partial charge in [0, 0.05) is 24.5 Å². The summed E-state index contributed by atoms with van der Waals surface area (Å²) < 4.78 is 0. The monoisotopic (exact) mass is 398 g/mol. The average Bonchev–Trinajstić information content (AvgIpc) is 3.31. The summed E-state index contributed by atoms with van der Waals surface area (Å²) in [7, 11) is 0. The number of hydrogen-bond donors (Lipinski definition) is 1. The standard InChI is InChI=1S/C19H22N6S2/c1-13-11-14(2)22-18(21-13)24-20-12-16-17(15-7-6-10-26-15)23-19(27-16)25-8-4-3-5-9-25/h6-7,10-12H,3-5,8-9H2,1-2H3,(H,21,22,24)/b20-12-. The molecule has 1 aliphatic heterocycles. The fraction of sp³-hybridized carbons (Fsp3) is 0.368. The van der Waals surface area contributed by atoms with Gasteiger partial charge in [-0.05, 0) is 50.6 Å². The number of nitrogens with one attached hydrogen (secondary N) is 1. The number of thiazole rings is 1. The molecule has 1 fully saturated rings. The van der Waals surface area contributed by atoms with E-state index in [-0.39, 0.29) is 0 Å². The first kappa shape index (κ1) is 18.1. The Morgan fingerprint density at radius 1 is 1.11 bits per heavy atom. The van der Waals surface area contributed by atoms with Crippen molar-refractivity contribution >= 4 is 40.0 Å². The molecule has 140 valence electrons. The fourth-order valence-corrected chi connectivity index (χ4v) is 4.94. The molecule has 0 aliphatic carbocycles. The maximum Gasteiger partial charge on any atom is 0.243 e. The van der Waals surface area contributed by atoms with Gasteiger partial charge in [0.15, 0.2) is 5.13 Å². The second-order valence-electron chi connectivity index (χ2n) is 6.58. The number of aromatic nitrogens is 3. The van der Waals surface area contributed by atoms with Crippen molar-refractivity contribution in [2.45, 2.75) is 33.1 Å². The highest BCUT2D eigenvalue weighted by Crippen LogP contribution is 2.35. The molecule has 3 aromatic heterocycles. The highest BCUT2D eigenvalue weighted by atomic mass is 32.1. The molecule has 0 amide bonds. The quantitative estimate of drug-likeness (QED) is 0.498. The van der Waals surface area contributed by atoms with E-state index in [0.29, 0.717) is 5.95 Å². The Morgan fingerprint density at radius 2 is 1.89 bits per heavy atom. The Balaban J connectivity index is 1.59. The van der Waals surface area contributed by atoms with Crippen molar-refractivity contribution in [2.75, 3.05) is 23.4 Å². The molecule has 3 aromatic rings. The van der Waals surface area contributed by atoms with Crippen LogP contribution in [0.15, 0.2) is 28.7 Å². The van der Waals surface area contributed by atoms with E-state index in [4.69, 9.17) is 4.98 Å². The summed E-state index contributed by atoms with van der Waals surface area (Å²) in [5.41, 5.74) is 5.80. The number of rotatable bonds is 5. The first-order valence-corrected chi connectivity index (χ1v) is 10.8. The molecule has 8 heteroatoms. The molecule has 1 N–H and O–H groups in total. The number of nitrogens with zero attached hydrogens (tertiary/aromatic N) is 5. The largest absolute Gasteiger partial charge is 0.348 e.